The number of fused-ring (bicyclic) bond motifs is 3. The molecule has 1 N–H and O–H groups in total. The third-order valence-electron chi connectivity index (χ3n) is 5.22. The second kappa shape index (κ2) is 9.16. The Balaban J connectivity index is 1.60. The van der Waals surface area contributed by atoms with Crippen LogP contribution in [0.4, 0.5) is 5.69 Å². The molecule has 2 aromatic carbocycles. The number of amides is 1. The predicted octanol–water partition coefficient (Wildman–Crippen LogP) is 4.55. The van der Waals surface area contributed by atoms with Crippen molar-refractivity contribution in [3.05, 3.63) is 64.4 Å². The first kappa shape index (κ1) is 22.1. The molecule has 7 nitrogen and oxygen atoms in total. The lowest BCUT2D eigenvalue weighted by molar-refractivity contribution is -0.113. The summed E-state index contributed by atoms with van der Waals surface area (Å²) in [6.45, 7) is 8.93. The zero-order valence-electron chi connectivity index (χ0n) is 18.7. The molecule has 0 unspecified atom stereocenters. The van der Waals surface area contributed by atoms with E-state index in [2.05, 4.69) is 43.2 Å². The number of rotatable bonds is 7. The van der Waals surface area contributed by atoms with Gasteiger partial charge in [-0.3, -0.25) is 18.6 Å². The molecule has 0 aliphatic rings. The van der Waals surface area contributed by atoms with E-state index in [0.29, 0.717) is 28.8 Å². The fourth-order valence-electron chi connectivity index (χ4n) is 3.64. The molecule has 0 saturated heterocycles. The summed E-state index contributed by atoms with van der Waals surface area (Å²) in [5, 5.41) is 12.7. The van der Waals surface area contributed by atoms with Crippen LogP contribution in [0.2, 0.25) is 0 Å². The van der Waals surface area contributed by atoms with Crippen molar-refractivity contribution in [1.82, 2.24) is 19.2 Å². The van der Waals surface area contributed by atoms with E-state index in [1.54, 1.807) is 4.57 Å². The molecule has 32 heavy (non-hydrogen) atoms. The van der Waals surface area contributed by atoms with Crippen LogP contribution in [0, 0.1) is 5.92 Å². The van der Waals surface area contributed by atoms with Crippen LogP contribution in [-0.4, -0.2) is 30.8 Å². The topological polar surface area (TPSA) is 81.3 Å². The maximum Gasteiger partial charge on any atom is 0.262 e. The average Bonchev–Trinajstić information content (AvgIpc) is 3.19. The lowest BCUT2D eigenvalue weighted by Gasteiger charge is -2.13. The number of para-hydroxylation sites is 1. The number of anilines is 1. The normalized spacial score (nSPS) is 11.7. The summed E-state index contributed by atoms with van der Waals surface area (Å²) >= 11 is 1.30. The van der Waals surface area contributed by atoms with Gasteiger partial charge < -0.3 is 5.32 Å². The molecule has 0 aliphatic heterocycles. The largest absolute Gasteiger partial charge is 0.325 e. The molecule has 1 amide bonds. The molecule has 2 heterocycles. The minimum absolute atomic E-state index is 0.0756. The van der Waals surface area contributed by atoms with Gasteiger partial charge in [-0.25, -0.2) is 0 Å². The van der Waals surface area contributed by atoms with Crippen molar-refractivity contribution in [1.29, 1.82) is 0 Å². The minimum atomic E-state index is -0.121. The monoisotopic (exact) mass is 449 g/mol. The van der Waals surface area contributed by atoms with Gasteiger partial charge in [0.1, 0.15) is 0 Å². The maximum atomic E-state index is 13.0. The molecular formula is C24H27N5O2S. The molecule has 0 bridgehead atoms. The van der Waals surface area contributed by atoms with E-state index in [4.69, 9.17) is 0 Å². The van der Waals surface area contributed by atoms with Crippen molar-refractivity contribution in [2.45, 2.75) is 45.3 Å². The van der Waals surface area contributed by atoms with E-state index in [1.165, 1.54) is 17.3 Å². The molecule has 0 saturated carbocycles. The first-order chi connectivity index (χ1) is 15.3. The van der Waals surface area contributed by atoms with Gasteiger partial charge in [-0.2, -0.15) is 0 Å². The van der Waals surface area contributed by atoms with E-state index >= 15 is 0 Å². The third kappa shape index (κ3) is 4.41. The molecule has 0 spiro atoms. The summed E-state index contributed by atoms with van der Waals surface area (Å²) in [4.78, 5) is 25.6. The van der Waals surface area contributed by atoms with Gasteiger partial charge >= 0.3 is 0 Å². The highest BCUT2D eigenvalue weighted by Crippen LogP contribution is 2.23. The molecule has 4 rings (SSSR count). The molecule has 4 aromatic rings. The highest BCUT2D eigenvalue weighted by molar-refractivity contribution is 7.99. The van der Waals surface area contributed by atoms with Crippen LogP contribution in [0.1, 0.15) is 39.2 Å². The quantitative estimate of drug-likeness (QED) is 0.419. The number of carbonyl (C=O) groups excluding carboxylic acids is 1. The first-order valence-electron chi connectivity index (χ1n) is 10.7. The van der Waals surface area contributed by atoms with Gasteiger partial charge in [0.15, 0.2) is 5.16 Å². The molecular weight excluding hydrogens is 422 g/mol. The summed E-state index contributed by atoms with van der Waals surface area (Å²) < 4.78 is 3.54. The van der Waals surface area contributed by atoms with Crippen molar-refractivity contribution in [3.63, 3.8) is 0 Å². The molecule has 2 aromatic heterocycles. The number of nitrogens with zero attached hydrogens (tertiary/aromatic N) is 4. The van der Waals surface area contributed by atoms with Gasteiger partial charge in [-0.15, -0.1) is 10.2 Å². The third-order valence-corrected chi connectivity index (χ3v) is 6.15. The Morgan fingerprint density at radius 2 is 1.75 bits per heavy atom. The Labute approximate surface area is 190 Å². The van der Waals surface area contributed by atoms with Gasteiger partial charge in [0.25, 0.3) is 5.56 Å². The number of thioether (sulfide) groups is 1. The molecule has 166 valence electrons. The zero-order valence-corrected chi connectivity index (χ0v) is 19.5. The number of hydrogen-bond donors (Lipinski definition) is 1. The maximum absolute atomic E-state index is 13.0. The lowest BCUT2D eigenvalue weighted by Crippen LogP contribution is -2.25. The van der Waals surface area contributed by atoms with Crippen molar-refractivity contribution >= 4 is 40.0 Å². The number of benzene rings is 2. The lowest BCUT2D eigenvalue weighted by atomic mass is 10.0. The number of nitrogens with one attached hydrogen (secondary N) is 1. The van der Waals surface area contributed by atoms with Crippen LogP contribution < -0.4 is 10.9 Å². The summed E-state index contributed by atoms with van der Waals surface area (Å²) in [6, 6.07) is 15.3. The summed E-state index contributed by atoms with van der Waals surface area (Å²) in [5.41, 5.74) is 2.66. The predicted molar refractivity (Wildman–Crippen MR) is 129 cm³/mol. The second-order valence-electron chi connectivity index (χ2n) is 8.56. The smallest absolute Gasteiger partial charge is 0.262 e. The number of aromatic nitrogens is 4. The first-order valence-corrected chi connectivity index (χ1v) is 11.7. The number of carbonyl (C=O) groups is 1. The standard InChI is InChI=1S/C24H27N5O2S/c1-15(2)13-28-22(31)19-7-5-6-8-20(19)29-23(28)26-27-24(29)32-14-21(30)25-18-11-9-17(10-12-18)16(3)4/h5-12,15-16H,13-14H2,1-4H3,(H,25,30). The van der Waals surface area contributed by atoms with Gasteiger partial charge in [-0.05, 0) is 41.7 Å². The Kier molecular flexibility index (Phi) is 6.32. The van der Waals surface area contributed by atoms with E-state index in [1.807, 2.05) is 52.9 Å². The van der Waals surface area contributed by atoms with Crippen LogP contribution in [0.3, 0.4) is 0 Å². The van der Waals surface area contributed by atoms with Crippen LogP contribution in [0.5, 0.6) is 0 Å². The molecule has 0 aliphatic carbocycles. The summed E-state index contributed by atoms with van der Waals surface area (Å²) in [7, 11) is 0. The van der Waals surface area contributed by atoms with E-state index < -0.39 is 0 Å². The van der Waals surface area contributed by atoms with Gasteiger partial charge in [-0.1, -0.05) is 63.7 Å². The van der Waals surface area contributed by atoms with Crippen LogP contribution in [0.25, 0.3) is 16.7 Å². The summed E-state index contributed by atoms with van der Waals surface area (Å²) in [6.07, 6.45) is 0. The Hall–Kier alpha value is -3.13. The zero-order chi connectivity index (χ0) is 22.8. The molecule has 0 radical (unpaired) electrons. The Bertz CT molecular complexity index is 1320. The van der Waals surface area contributed by atoms with Gasteiger partial charge in [0.2, 0.25) is 11.7 Å². The van der Waals surface area contributed by atoms with E-state index in [9.17, 15) is 9.59 Å². The fourth-order valence-corrected chi connectivity index (χ4v) is 4.38. The van der Waals surface area contributed by atoms with Crippen molar-refractivity contribution in [2.75, 3.05) is 11.1 Å². The molecule has 8 heteroatoms. The van der Waals surface area contributed by atoms with Crippen molar-refractivity contribution in [2.24, 2.45) is 5.92 Å². The van der Waals surface area contributed by atoms with Crippen LogP contribution in [0.15, 0.2) is 58.5 Å². The Morgan fingerprint density at radius 1 is 1.03 bits per heavy atom. The molecule has 0 atom stereocenters. The molecule has 0 fully saturated rings. The van der Waals surface area contributed by atoms with Gasteiger partial charge in [0.05, 0.1) is 16.7 Å². The minimum Gasteiger partial charge on any atom is -0.325 e. The van der Waals surface area contributed by atoms with Crippen LogP contribution in [-0.2, 0) is 11.3 Å². The van der Waals surface area contributed by atoms with Crippen LogP contribution >= 0.6 is 11.8 Å². The highest BCUT2D eigenvalue weighted by atomic mass is 32.2. The number of hydrogen-bond acceptors (Lipinski definition) is 5. The van der Waals surface area contributed by atoms with Crippen molar-refractivity contribution in [3.8, 4) is 0 Å². The van der Waals surface area contributed by atoms with E-state index in [0.717, 1.165) is 11.2 Å². The van der Waals surface area contributed by atoms with Gasteiger partial charge in [0, 0.05) is 12.2 Å². The van der Waals surface area contributed by atoms with E-state index in [-0.39, 0.29) is 23.1 Å². The van der Waals surface area contributed by atoms with Crippen molar-refractivity contribution < 1.29 is 4.79 Å². The fraction of sp³-hybridized carbons (Fsp3) is 0.333. The SMILES string of the molecule is CC(C)Cn1c(=O)c2ccccc2n2c(SCC(=O)Nc3ccc(C(C)C)cc3)nnc12. The second-order valence-corrected chi connectivity index (χ2v) is 9.50. The highest BCUT2D eigenvalue weighted by Gasteiger charge is 2.18. The Morgan fingerprint density at radius 3 is 2.44 bits per heavy atom. The average molecular weight is 450 g/mol. The summed E-state index contributed by atoms with van der Waals surface area (Å²) in [5.74, 6) is 1.28.